The monoisotopic (exact) mass is 349 g/mol. The van der Waals surface area contributed by atoms with Crippen molar-refractivity contribution >= 4 is 11.8 Å². The molecule has 0 bridgehead atoms. The zero-order valence-electron chi connectivity index (χ0n) is 13.5. The average Bonchev–Trinajstić information content (AvgIpc) is 3.30. The molecule has 0 amide bonds. The van der Waals surface area contributed by atoms with Gasteiger partial charge in [0.2, 0.25) is 5.16 Å². The van der Waals surface area contributed by atoms with E-state index in [1.165, 1.54) is 11.8 Å². The first-order valence-corrected chi connectivity index (χ1v) is 8.78. The Morgan fingerprint density at radius 2 is 1.84 bits per heavy atom. The van der Waals surface area contributed by atoms with Gasteiger partial charge in [-0.3, -0.25) is 0 Å². The van der Waals surface area contributed by atoms with Crippen molar-refractivity contribution in [2.45, 2.75) is 17.8 Å². The Bertz CT molecular complexity index is 980. The molecule has 0 fully saturated rings. The van der Waals surface area contributed by atoms with Gasteiger partial charge in [-0.15, -0.1) is 5.10 Å². The zero-order valence-corrected chi connectivity index (χ0v) is 14.3. The van der Waals surface area contributed by atoms with E-state index in [1.807, 2.05) is 67.6 Å². The van der Waals surface area contributed by atoms with E-state index in [1.54, 1.807) is 4.68 Å². The highest BCUT2D eigenvalue weighted by Crippen LogP contribution is 2.26. The number of rotatable bonds is 5. The molecule has 0 spiro atoms. The summed E-state index contributed by atoms with van der Waals surface area (Å²) in [5, 5.41) is 16.9. The fourth-order valence-electron chi connectivity index (χ4n) is 2.48. The fraction of sp³-hybridized carbons (Fsp3) is 0.111. The molecule has 0 saturated carbocycles. The molecule has 25 heavy (non-hydrogen) atoms. The number of tetrazole rings is 1. The van der Waals surface area contributed by atoms with Crippen LogP contribution in [-0.4, -0.2) is 25.4 Å². The van der Waals surface area contributed by atoms with Gasteiger partial charge in [0.1, 0.15) is 0 Å². The lowest BCUT2D eigenvalue weighted by molar-refractivity contribution is 0.426. The van der Waals surface area contributed by atoms with Crippen LogP contribution in [0.2, 0.25) is 0 Å². The number of aromatic nitrogens is 5. The van der Waals surface area contributed by atoms with Gasteiger partial charge in [0.05, 0.1) is 11.4 Å². The second kappa shape index (κ2) is 6.90. The third-order valence-electron chi connectivity index (χ3n) is 3.75. The van der Waals surface area contributed by atoms with Crippen molar-refractivity contribution in [3.8, 4) is 17.0 Å². The van der Waals surface area contributed by atoms with Crippen LogP contribution in [0.15, 0.2) is 70.3 Å². The Hall–Kier alpha value is -2.93. The highest BCUT2D eigenvalue weighted by molar-refractivity contribution is 7.98. The minimum absolute atomic E-state index is 0.628. The van der Waals surface area contributed by atoms with Crippen LogP contribution in [0.5, 0.6) is 0 Å². The van der Waals surface area contributed by atoms with Crippen molar-refractivity contribution in [3.63, 3.8) is 0 Å². The molecule has 124 valence electrons. The van der Waals surface area contributed by atoms with Crippen LogP contribution in [0.25, 0.3) is 17.0 Å². The zero-order chi connectivity index (χ0) is 17.1. The molecule has 0 unspecified atom stereocenters. The van der Waals surface area contributed by atoms with E-state index in [-0.39, 0.29) is 0 Å². The van der Waals surface area contributed by atoms with Gasteiger partial charge in [-0.1, -0.05) is 65.4 Å². The average molecular weight is 349 g/mol. The number of nitrogens with zero attached hydrogens (tertiary/aromatic N) is 5. The van der Waals surface area contributed by atoms with Crippen molar-refractivity contribution in [1.82, 2.24) is 25.4 Å². The van der Waals surface area contributed by atoms with Gasteiger partial charge in [-0.25, -0.2) is 0 Å². The topological polar surface area (TPSA) is 69.6 Å². The molecular weight excluding hydrogens is 334 g/mol. The van der Waals surface area contributed by atoms with Crippen LogP contribution in [0.4, 0.5) is 0 Å². The van der Waals surface area contributed by atoms with E-state index in [0.29, 0.717) is 5.75 Å². The summed E-state index contributed by atoms with van der Waals surface area (Å²) >= 11 is 1.52. The predicted octanol–water partition coefficient (Wildman–Crippen LogP) is 3.92. The number of aryl methyl sites for hydroxylation is 1. The summed E-state index contributed by atoms with van der Waals surface area (Å²) in [5.74, 6) is 1.39. The third-order valence-corrected chi connectivity index (χ3v) is 4.70. The highest BCUT2D eigenvalue weighted by atomic mass is 32.2. The molecule has 0 N–H and O–H groups in total. The van der Waals surface area contributed by atoms with Gasteiger partial charge in [0.15, 0.2) is 5.76 Å². The summed E-state index contributed by atoms with van der Waals surface area (Å²) in [5.41, 5.74) is 3.95. The summed E-state index contributed by atoms with van der Waals surface area (Å²) in [6, 6.07) is 19.9. The maximum atomic E-state index is 5.43. The van der Waals surface area contributed by atoms with E-state index in [9.17, 15) is 0 Å². The maximum Gasteiger partial charge on any atom is 0.214 e. The number of hydrogen-bond donors (Lipinski definition) is 0. The quantitative estimate of drug-likeness (QED) is 0.509. The van der Waals surface area contributed by atoms with Crippen molar-refractivity contribution < 1.29 is 4.52 Å². The summed E-state index contributed by atoms with van der Waals surface area (Å²) in [4.78, 5) is 0. The Labute approximate surface area is 148 Å². The molecule has 0 atom stereocenters. The van der Waals surface area contributed by atoms with E-state index in [4.69, 9.17) is 4.52 Å². The molecule has 0 aliphatic rings. The lowest BCUT2D eigenvalue weighted by Gasteiger charge is -2.06. The Kier molecular flexibility index (Phi) is 4.30. The summed E-state index contributed by atoms with van der Waals surface area (Å²) in [6.07, 6.45) is 0. The first kappa shape index (κ1) is 15.6. The largest absolute Gasteiger partial charge is 0.356 e. The molecule has 0 radical (unpaired) electrons. The van der Waals surface area contributed by atoms with Crippen LogP contribution in [0.1, 0.15) is 11.3 Å². The normalized spacial score (nSPS) is 10.9. The third kappa shape index (κ3) is 3.32. The summed E-state index contributed by atoms with van der Waals surface area (Å²) in [7, 11) is 0. The van der Waals surface area contributed by atoms with Crippen LogP contribution < -0.4 is 0 Å². The maximum absolute atomic E-state index is 5.43. The lowest BCUT2D eigenvalue weighted by atomic mass is 10.2. The second-order valence-corrected chi connectivity index (χ2v) is 6.44. The van der Waals surface area contributed by atoms with E-state index in [2.05, 4.69) is 20.7 Å². The standard InChI is InChI=1S/C18H15N5OS/c1-13-7-5-6-10-16(13)23-18(19-21-22-23)25-12-15-11-17(24-20-15)14-8-3-2-4-9-14/h2-11H,12H2,1H3. The van der Waals surface area contributed by atoms with Gasteiger partial charge in [0, 0.05) is 17.4 Å². The molecule has 7 heteroatoms. The first-order chi connectivity index (χ1) is 12.3. The minimum atomic E-state index is 0.628. The smallest absolute Gasteiger partial charge is 0.214 e. The molecular formula is C18H15N5OS. The van der Waals surface area contributed by atoms with Crippen molar-refractivity contribution in [1.29, 1.82) is 0 Å². The van der Waals surface area contributed by atoms with E-state index >= 15 is 0 Å². The van der Waals surface area contributed by atoms with Gasteiger partial charge >= 0.3 is 0 Å². The fourth-order valence-corrected chi connectivity index (χ4v) is 3.24. The molecule has 2 aromatic carbocycles. The highest BCUT2D eigenvalue weighted by Gasteiger charge is 2.13. The molecule has 4 aromatic rings. The van der Waals surface area contributed by atoms with Crippen LogP contribution >= 0.6 is 11.8 Å². The van der Waals surface area contributed by atoms with Crippen LogP contribution in [-0.2, 0) is 5.75 Å². The molecule has 6 nitrogen and oxygen atoms in total. The Balaban J connectivity index is 1.51. The van der Waals surface area contributed by atoms with Gasteiger partial charge in [0.25, 0.3) is 0 Å². The summed E-state index contributed by atoms with van der Waals surface area (Å²) < 4.78 is 7.18. The van der Waals surface area contributed by atoms with E-state index < -0.39 is 0 Å². The minimum Gasteiger partial charge on any atom is -0.356 e. The number of thioether (sulfide) groups is 1. The first-order valence-electron chi connectivity index (χ1n) is 7.79. The van der Waals surface area contributed by atoms with Crippen molar-refractivity contribution in [3.05, 3.63) is 71.9 Å². The van der Waals surface area contributed by atoms with Crippen LogP contribution in [0.3, 0.4) is 0 Å². The Morgan fingerprint density at radius 1 is 1.04 bits per heavy atom. The van der Waals surface area contributed by atoms with E-state index in [0.717, 1.165) is 33.4 Å². The molecule has 4 rings (SSSR count). The lowest BCUT2D eigenvalue weighted by Crippen LogP contribution is -2.01. The molecule has 0 aliphatic heterocycles. The second-order valence-electron chi connectivity index (χ2n) is 5.50. The van der Waals surface area contributed by atoms with Crippen molar-refractivity contribution in [2.24, 2.45) is 0 Å². The van der Waals surface area contributed by atoms with Gasteiger partial charge in [-0.05, 0) is 29.0 Å². The number of hydrogen-bond acceptors (Lipinski definition) is 6. The predicted molar refractivity (Wildman–Crippen MR) is 95.4 cm³/mol. The van der Waals surface area contributed by atoms with Crippen LogP contribution in [0, 0.1) is 6.92 Å². The number of benzene rings is 2. The molecule has 2 heterocycles. The molecule has 0 saturated heterocycles. The van der Waals surface area contributed by atoms with Gasteiger partial charge < -0.3 is 4.52 Å². The van der Waals surface area contributed by atoms with Gasteiger partial charge in [-0.2, -0.15) is 4.68 Å². The number of para-hydroxylation sites is 1. The molecule has 0 aliphatic carbocycles. The summed E-state index contributed by atoms with van der Waals surface area (Å²) in [6.45, 7) is 2.04. The SMILES string of the molecule is Cc1ccccc1-n1nnnc1SCc1cc(-c2ccccc2)on1. The Morgan fingerprint density at radius 3 is 2.68 bits per heavy atom. The molecule has 2 aromatic heterocycles. The van der Waals surface area contributed by atoms with Crippen molar-refractivity contribution in [2.75, 3.05) is 0 Å².